The number of hydrogen-bond donors (Lipinski definition) is 2. The maximum atomic E-state index is 12.0. The Labute approximate surface area is 110 Å². The Morgan fingerprint density at radius 1 is 1.44 bits per heavy atom. The highest BCUT2D eigenvalue weighted by Crippen LogP contribution is 2.38. The highest BCUT2D eigenvalue weighted by Gasteiger charge is 2.26. The first-order valence-corrected chi connectivity index (χ1v) is 7.07. The van der Waals surface area contributed by atoms with Crippen molar-refractivity contribution in [1.29, 1.82) is 0 Å². The molecule has 1 aromatic carbocycles. The molecule has 1 atom stereocenters. The summed E-state index contributed by atoms with van der Waals surface area (Å²) in [6, 6.07) is 8.31. The molecule has 2 aromatic rings. The molecule has 3 nitrogen and oxygen atoms in total. The standard InChI is InChI=1S/C14H16N2OS/c1-15-14(17)13-12(9-6-7-16-8-9)10-4-2-3-5-11(10)18-13/h2-5,9,16H,6-8H2,1H3,(H,15,17)/t9-/m1/s1. The molecule has 0 aliphatic carbocycles. The van der Waals surface area contributed by atoms with Crippen molar-refractivity contribution in [3.63, 3.8) is 0 Å². The van der Waals surface area contributed by atoms with Crippen LogP contribution in [-0.2, 0) is 0 Å². The number of fused-ring (bicyclic) bond motifs is 1. The molecular formula is C14H16N2OS. The van der Waals surface area contributed by atoms with Crippen molar-refractivity contribution in [2.45, 2.75) is 12.3 Å². The van der Waals surface area contributed by atoms with E-state index in [4.69, 9.17) is 0 Å². The molecule has 0 spiro atoms. The van der Waals surface area contributed by atoms with Crippen LogP contribution in [0.15, 0.2) is 24.3 Å². The highest BCUT2D eigenvalue weighted by atomic mass is 32.1. The van der Waals surface area contributed by atoms with Crippen LogP contribution in [0, 0.1) is 0 Å². The van der Waals surface area contributed by atoms with Crippen LogP contribution in [0.3, 0.4) is 0 Å². The van der Waals surface area contributed by atoms with Crippen molar-refractivity contribution in [3.8, 4) is 0 Å². The molecule has 1 aromatic heterocycles. The Morgan fingerprint density at radius 2 is 2.28 bits per heavy atom. The molecule has 4 heteroatoms. The van der Waals surface area contributed by atoms with E-state index < -0.39 is 0 Å². The van der Waals surface area contributed by atoms with Gasteiger partial charge in [0, 0.05) is 18.3 Å². The van der Waals surface area contributed by atoms with Gasteiger partial charge in [0.25, 0.3) is 5.91 Å². The van der Waals surface area contributed by atoms with Gasteiger partial charge in [0.2, 0.25) is 0 Å². The van der Waals surface area contributed by atoms with E-state index in [9.17, 15) is 4.79 Å². The SMILES string of the molecule is CNC(=O)c1sc2ccccc2c1[C@@H]1CCNC1. The summed E-state index contributed by atoms with van der Waals surface area (Å²) >= 11 is 1.60. The number of carbonyl (C=O) groups is 1. The Hall–Kier alpha value is -1.39. The van der Waals surface area contributed by atoms with Crippen LogP contribution in [0.5, 0.6) is 0 Å². The second-order valence-electron chi connectivity index (χ2n) is 4.61. The maximum absolute atomic E-state index is 12.0. The van der Waals surface area contributed by atoms with Crippen LogP contribution in [0.2, 0.25) is 0 Å². The average Bonchev–Trinajstić information content (AvgIpc) is 3.03. The number of hydrogen-bond acceptors (Lipinski definition) is 3. The number of carbonyl (C=O) groups excluding carboxylic acids is 1. The van der Waals surface area contributed by atoms with Gasteiger partial charge in [0.1, 0.15) is 0 Å². The molecule has 18 heavy (non-hydrogen) atoms. The van der Waals surface area contributed by atoms with Gasteiger partial charge in [-0.3, -0.25) is 4.79 Å². The van der Waals surface area contributed by atoms with Crippen LogP contribution in [-0.4, -0.2) is 26.0 Å². The van der Waals surface area contributed by atoms with Crippen LogP contribution < -0.4 is 10.6 Å². The molecular weight excluding hydrogens is 244 g/mol. The van der Waals surface area contributed by atoms with Gasteiger partial charge >= 0.3 is 0 Å². The van der Waals surface area contributed by atoms with Gasteiger partial charge in [0.05, 0.1) is 4.88 Å². The van der Waals surface area contributed by atoms with E-state index in [1.807, 2.05) is 6.07 Å². The van der Waals surface area contributed by atoms with E-state index >= 15 is 0 Å². The largest absolute Gasteiger partial charge is 0.354 e. The summed E-state index contributed by atoms with van der Waals surface area (Å²) in [5.74, 6) is 0.506. The second kappa shape index (κ2) is 4.71. The first-order chi connectivity index (χ1) is 8.81. The van der Waals surface area contributed by atoms with Crippen molar-refractivity contribution >= 4 is 27.3 Å². The summed E-state index contributed by atoms with van der Waals surface area (Å²) in [5.41, 5.74) is 1.24. The minimum absolute atomic E-state index is 0.0399. The molecule has 1 amide bonds. The van der Waals surface area contributed by atoms with Gasteiger partial charge in [-0.05, 0) is 35.9 Å². The Bertz CT molecular complexity index is 584. The first-order valence-electron chi connectivity index (χ1n) is 6.25. The smallest absolute Gasteiger partial charge is 0.261 e. The summed E-state index contributed by atoms with van der Waals surface area (Å²) in [4.78, 5) is 12.9. The van der Waals surface area contributed by atoms with Gasteiger partial charge < -0.3 is 10.6 Å². The number of rotatable bonds is 2. The molecule has 1 aliphatic heterocycles. The summed E-state index contributed by atoms with van der Waals surface area (Å²) in [5, 5.41) is 7.38. The number of benzene rings is 1. The van der Waals surface area contributed by atoms with Crippen molar-refractivity contribution < 1.29 is 4.79 Å². The molecule has 0 unspecified atom stereocenters. The van der Waals surface area contributed by atoms with Crippen molar-refractivity contribution in [1.82, 2.24) is 10.6 Å². The van der Waals surface area contributed by atoms with Crippen LogP contribution >= 0.6 is 11.3 Å². The zero-order valence-corrected chi connectivity index (χ0v) is 11.1. The second-order valence-corrected chi connectivity index (χ2v) is 5.66. The third-order valence-corrected chi connectivity index (χ3v) is 4.72. The summed E-state index contributed by atoms with van der Waals surface area (Å²) in [7, 11) is 1.70. The van der Waals surface area contributed by atoms with Gasteiger partial charge in [-0.25, -0.2) is 0 Å². The fraction of sp³-hybridized carbons (Fsp3) is 0.357. The lowest BCUT2D eigenvalue weighted by molar-refractivity contribution is 0.0966. The molecule has 3 rings (SSSR count). The lowest BCUT2D eigenvalue weighted by atomic mass is 9.95. The molecule has 1 saturated heterocycles. The van der Waals surface area contributed by atoms with E-state index in [-0.39, 0.29) is 5.91 Å². The van der Waals surface area contributed by atoms with E-state index in [1.54, 1.807) is 18.4 Å². The van der Waals surface area contributed by atoms with Gasteiger partial charge in [-0.2, -0.15) is 0 Å². The summed E-state index contributed by atoms with van der Waals surface area (Å²) in [6.07, 6.45) is 1.12. The van der Waals surface area contributed by atoms with Crippen molar-refractivity contribution in [2.24, 2.45) is 0 Å². The van der Waals surface area contributed by atoms with E-state index in [0.717, 1.165) is 24.4 Å². The third-order valence-electron chi connectivity index (χ3n) is 3.54. The number of thiophene rings is 1. The Kier molecular flexibility index (Phi) is 3.06. The highest BCUT2D eigenvalue weighted by molar-refractivity contribution is 7.21. The quantitative estimate of drug-likeness (QED) is 0.870. The Balaban J connectivity index is 2.20. The minimum atomic E-state index is 0.0399. The lowest BCUT2D eigenvalue weighted by Gasteiger charge is -2.10. The predicted molar refractivity (Wildman–Crippen MR) is 75.4 cm³/mol. The van der Waals surface area contributed by atoms with E-state index in [2.05, 4.69) is 28.8 Å². The zero-order valence-electron chi connectivity index (χ0n) is 10.3. The summed E-state index contributed by atoms with van der Waals surface area (Å²) in [6.45, 7) is 2.02. The zero-order chi connectivity index (χ0) is 12.5. The molecule has 2 heterocycles. The minimum Gasteiger partial charge on any atom is -0.354 e. The third kappa shape index (κ3) is 1.82. The van der Waals surface area contributed by atoms with Crippen LogP contribution in [0.4, 0.5) is 0 Å². The normalized spacial score (nSPS) is 19.3. The first kappa shape index (κ1) is 11.7. The monoisotopic (exact) mass is 260 g/mol. The molecule has 0 saturated carbocycles. The summed E-state index contributed by atoms with van der Waals surface area (Å²) < 4.78 is 1.21. The van der Waals surface area contributed by atoms with Gasteiger partial charge in [-0.15, -0.1) is 11.3 Å². The fourth-order valence-electron chi connectivity index (χ4n) is 2.65. The Morgan fingerprint density at radius 3 is 3.00 bits per heavy atom. The van der Waals surface area contributed by atoms with E-state index in [1.165, 1.54) is 15.6 Å². The molecule has 94 valence electrons. The lowest BCUT2D eigenvalue weighted by Crippen LogP contribution is -2.19. The fourth-order valence-corrected chi connectivity index (χ4v) is 3.89. The maximum Gasteiger partial charge on any atom is 0.261 e. The van der Waals surface area contributed by atoms with Gasteiger partial charge in [-0.1, -0.05) is 18.2 Å². The molecule has 0 bridgehead atoms. The number of nitrogens with one attached hydrogen (secondary N) is 2. The van der Waals surface area contributed by atoms with Gasteiger partial charge in [0.15, 0.2) is 0 Å². The van der Waals surface area contributed by atoms with E-state index in [0.29, 0.717) is 5.92 Å². The topological polar surface area (TPSA) is 41.1 Å². The number of amides is 1. The molecule has 0 radical (unpaired) electrons. The van der Waals surface area contributed by atoms with Crippen LogP contribution in [0.25, 0.3) is 10.1 Å². The van der Waals surface area contributed by atoms with Crippen molar-refractivity contribution in [2.75, 3.05) is 20.1 Å². The average molecular weight is 260 g/mol. The molecule has 1 aliphatic rings. The molecule has 1 fully saturated rings. The molecule has 2 N–H and O–H groups in total. The van der Waals surface area contributed by atoms with Crippen LogP contribution in [0.1, 0.15) is 27.6 Å². The predicted octanol–water partition coefficient (Wildman–Crippen LogP) is 2.34. The van der Waals surface area contributed by atoms with Crippen molar-refractivity contribution in [3.05, 3.63) is 34.7 Å².